The maximum Gasteiger partial charge on any atom is 0.220 e. The van der Waals surface area contributed by atoms with Gasteiger partial charge in [-0.05, 0) is 30.2 Å². The van der Waals surface area contributed by atoms with E-state index in [-0.39, 0.29) is 17.7 Å². The van der Waals surface area contributed by atoms with Crippen molar-refractivity contribution in [3.63, 3.8) is 0 Å². The van der Waals surface area contributed by atoms with E-state index in [2.05, 4.69) is 53.4 Å². The van der Waals surface area contributed by atoms with E-state index < -0.39 is 5.60 Å². The molecule has 0 saturated carbocycles. The highest BCUT2D eigenvalue weighted by molar-refractivity contribution is 6.30. The Hall–Kier alpha value is -2.95. The minimum absolute atomic E-state index is 0.107. The lowest BCUT2D eigenvalue weighted by molar-refractivity contribution is -0.153. The zero-order valence-corrected chi connectivity index (χ0v) is 18.7. The van der Waals surface area contributed by atoms with Crippen LogP contribution in [0, 0.1) is 0 Å². The number of nitrogens with zero attached hydrogens (tertiary/aromatic N) is 2. The maximum atomic E-state index is 13.5. The molecule has 4 nitrogen and oxygen atoms in total. The van der Waals surface area contributed by atoms with Gasteiger partial charge in [-0.3, -0.25) is 9.69 Å². The van der Waals surface area contributed by atoms with Crippen molar-refractivity contribution in [1.29, 1.82) is 0 Å². The Morgan fingerprint density at radius 2 is 1.66 bits per heavy atom. The topological polar surface area (TPSA) is 41.9 Å². The van der Waals surface area contributed by atoms with E-state index in [0.717, 1.165) is 16.8 Å². The van der Waals surface area contributed by atoms with Crippen LogP contribution < -0.4 is 0 Å². The van der Waals surface area contributed by atoms with Gasteiger partial charge in [0.25, 0.3) is 0 Å². The summed E-state index contributed by atoms with van der Waals surface area (Å²) in [6, 6.07) is 28.2. The van der Waals surface area contributed by atoms with Gasteiger partial charge in [-0.1, -0.05) is 89.6 Å². The van der Waals surface area contributed by atoms with Gasteiger partial charge in [-0.25, -0.2) is 0 Å². The molecule has 0 N–H and O–H groups in total. The Labute approximate surface area is 193 Å². The second-order valence-electron chi connectivity index (χ2n) is 8.54. The van der Waals surface area contributed by atoms with Crippen LogP contribution in [0.2, 0.25) is 5.02 Å². The molecule has 0 unspecified atom stereocenters. The smallest absolute Gasteiger partial charge is 0.220 e. The molecule has 2 aliphatic rings. The van der Waals surface area contributed by atoms with Crippen molar-refractivity contribution in [3.05, 3.63) is 107 Å². The van der Waals surface area contributed by atoms with Gasteiger partial charge >= 0.3 is 0 Å². The van der Waals surface area contributed by atoms with Crippen LogP contribution >= 0.6 is 11.6 Å². The Balaban J connectivity index is 1.55. The Morgan fingerprint density at radius 3 is 2.34 bits per heavy atom. The lowest BCUT2D eigenvalue weighted by Crippen LogP contribution is -2.58. The Kier molecular flexibility index (Phi) is 5.58. The van der Waals surface area contributed by atoms with Crippen LogP contribution in [0.25, 0.3) is 0 Å². The number of rotatable bonds is 4. The fourth-order valence-electron chi connectivity index (χ4n) is 4.90. The molecule has 0 radical (unpaired) electrons. The molecule has 0 aromatic heterocycles. The standard InChI is InChI=1S/C27H25ClN2O2/c1-19(20-8-4-2-5-9-20)30-17-16-24(31)27(18-30)25(21-10-6-3-7-11-21)26(29-32-27)22-12-14-23(28)15-13-22/h2-15,19,25H,16-18H2,1H3/t19-,25-,27+/m1/s1. The van der Waals surface area contributed by atoms with Gasteiger partial charge in [0, 0.05) is 36.1 Å². The molecule has 3 atom stereocenters. The Bertz CT molecular complexity index is 1130. The number of carbonyl (C=O) groups is 1. The van der Waals surface area contributed by atoms with Gasteiger partial charge in [0.05, 0.1) is 11.6 Å². The number of hydrogen-bond acceptors (Lipinski definition) is 4. The first kappa shape index (κ1) is 20.9. The third-order valence-corrected chi connectivity index (χ3v) is 6.94. The van der Waals surface area contributed by atoms with E-state index >= 15 is 0 Å². The highest BCUT2D eigenvalue weighted by atomic mass is 35.5. The molecule has 0 amide bonds. The number of piperidine rings is 1. The Morgan fingerprint density at radius 1 is 1.00 bits per heavy atom. The molecule has 1 saturated heterocycles. The number of carbonyl (C=O) groups excluding carboxylic acids is 1. The summed E-state index contributed by atoms with van der Waals surface area (Å²) in [5, 5.41) is 5.18. The van der Waals surface area contributed by atoms with Gasteiger partial charge in [0.2, 0.25) is 5.60 Å². The quantitative estimate of drug-likeness (QED) is 0.523. The monoisotopic (exact) mass is 444 g/mol. The lowest BCUT2D eigenvalue weighted by atomic mass is 9.72. The molecule has 5 rings (SSSR count). The van der Waals surface area contributed by atoms with Crippen molar-refractivity contribution < 1.29 is 9.63 Å². The van der Waals surface area contributed by atoms with E-state index in [1.54, 1.807) is 0 Å². The summed E-state index contributed by atoms with van der Waals surface area (Å²) in [4.78, 5) is 22.0. The molecule has 3 aromatic rings. The minimum Gasteiger partial charge on any atom is -0.378 e. The maximum absolute atomic E-state index is 13.5. The molecule has 3 aromatic carbocycles. The van der Waals surface area contributed by atoms with Crippen LogP contribution in [-0.2, 0) is 9.63 Å². The van der Waals surface area contributed by atoms with E-state index in [1.807, 2.05) is 48.5 Å². The predicted octanol–water partition coefficient (Wildman–Crippen LogP) is 5.63. The first-order chi connectivity index (χ1) is 15.6. The molecule has 5 heteroatoms. The number of ketones is 1. The van der Waals surface area contributed by atoms with Crippen LogP contribution in [0.5, 0.6) is 0 Å². The van der Waals surface area contributed by atoms with Crippen molar-refractivity contribution in [2.24, 2.45) is 5.16 Å². The zero-order chi connectivity index (χ0) is 22.1. The third kappa shape index (κ3) is 3.64. The second-order valence-corrected chi connectivity index (χ2v) is 8.97. The van der Waals surface area contributed by atoms with E-state index in [4.69, 9.17) is 16.4 Å². The molecule has 0 aliphatic carbocycles. The number of Topliss-reactive ketones (excluding diaryl/α,β-unsaturated/α-hetero) is 1. The molecule has 1 fully saturated rings. The fraction of sp³-hybridized carbons (Fsp3) is 0.259. The minimum atomic E-state index is -1.04. The number of halogens is 1. The summed E-state index contributed by atoms with van der Waals surface area (Å²) in [6.45, 7) is 3.38. The molecule has 2 aliphatic heterocycles. The average Bonchev–Trinajstić information content (AvgIpc) is 3.22. The molecular formula is C27H25ClN2O2. The summed E-state index contributed by atoms with van der Waals surface area (Å²) in [6.07, 6.45) is 0.434. The largest absolute Gasteiger partial charge is 0.378 e. The summed E-state index contributed by atoms with van der Waals surface area (Å²) < 4.78 is 0. The van der Waals surface area contributed by atoms with Crippen molar-refractivity contribution in [2.45, 2.75) is 30.9 Å². The molecule has 32 heavy (non-hydrogen) atoms. The number of likely N-dealkylation sites (tertiary alicyclic amines) is 1. The molecular weight excluding hydrogens is 420 g/mol. The summed E-state index contributed by atoms with van der Waals surface area (Å²) in [7, 11) is 0. The number of oxime groups is 1. The first-order valence-electron chi connectivity index (χ1n) is 11.0. The molecule has 1 spiro atoms. The van der Waals surface area contributed by atoms with Crippen LogP contribution in [0.15, 0.2) is 90.1 Å². The number of hydrogen-bond donors (Lipinski definition) is 0. The van der Waals surface area contributed by atoms with Gasteiger partial charge < -0.3 is 4.84 Å². The predicted molar refractivity (Wildman–Crippen MR) is 127 cm³/mol. The van der Waals surface area contributed by atoms with E-state index in [0.29, 0.717) is 24.5 Å². The van der Waals surface area contributed by atoms with Crippen molar-refractivity contribution in [1.82, 2.24) is 4.90 Å². The molecule has 2 heterocycles. The van der Waals surface area contributed by atoms with Crippen LogP contribution in [-0.4, -0.2) is 35.1 Å². The van der Waals surface area contributed by atoms with E-state index in [1.165, 1.54) is 5.56 Å². The summed E-state index contributed by atoms with van der Waals surface area (Å²) in [5.41, 5.74) is 2.90. The van der Waals surface area contributed by atoms with Crippen LogP contribution in [0.1, 0.15) is 42.0 Å². The summed E-state index contributed by atoms with van der Waals surface area (Å²) in [5.74, 6) is -0.182. The SMILES string of the molecule is C[C@H](c1ccccc1)N1CCC(=O)[C@]2(C1)ON=C(c1ccc(Cl)cc1)[C@H]2c1ccccc1. The van der Waals surface area contributed by atoms with Gasteiger partial charge in [0.15, 0.2) is 5.78 Å². The van der Waals surface area contributed by atoms with Crippen molar-refractivity contribution in [2.75, 3.05) is 13.1 Å². The van der Waals surface area contributed by atoms with Gasteiger partial charge in [0.1, 0.15) is 0 Å². The van der Waals surface area contributed by atoms with Crippen LogP contribution in [0.3, 0.4) is 0 Å². The number of benzene rings is 3. The molecule has 0 bridgehead atoms. The zero-order valence-electron chi connectivity index (χ0n) is 17.9. The van der Waals surface area contributed by atoms with E-state index in [9.17, 15) is 4.79 Å². The highest BCUT2D eigenvalue weighted by Gasteiger charge is 2.58. The first-order valence-corrected chi connectivity index (χ1v) is 11.4. The second kappa shape index (κ2) is 8.53. The fourth-order valence-corrected chi connectivity index (χ4v) is 5.03. The van der Waals surface area contributed by atoms with Gasteiger partial charge in [-0.2, -0.15) is 0 Å². The molecule has 162 valence electrons. The van der Waals surface area contributed by atoms with Crippen molar-refractivity contribution in [3.8, 4) is 0 Å². The van der Waals surface area contributed by atoms with Gasteiger partial charge in [-0.15, -0.1) is 0 Å². The van der Waals surface area contributed by atoms with Crippen LogP contribution in [0.4, 0.5) is 0 Å². The van der Waals surface area contributed by atoms with Crippen molar-refractivity contribution >= 4 is 23.1 Å². The normalized spacial score (nSPS) is 24.2. The third-order valence-electron chi connectivity index (χ3n) is 6.69. The highest BCUT2D eigenvalue weighted by Crippen LogP contribution is 2.45. The average molecular weight is 445 g/mol. The summed E-state index contributed by atoms with van der Waals surface area (Å²) >= 11 is 6.12. The lowest BCUT2D eigenvalue weighted by Gasteiger charge is -2.43.